The number of nitrogens with zero attached hydrogens (tertiary/aromatic N) is 2. The van der Waals surface area contributed by atoms with E-state index in [0.717, 1.165) is 0 Å². The third-order valence-electron chi connectivity index (χ3n) is 3.30. The number of rotatable bonds is 6. The normalized spacial score (nSPS) is 14.1. The molecule has 0 saturated carbocycles. The number of hydrogen-bond acceptors (Lipinski definition) is 4. The lowest BCUT2D eigenvalue weighted by Crippen LogP contribution is -2.41. The molecule has 8 heteroatoms. The Kier molecular flexibility index (Phi) is 5.51. The van der Waals surface area contributed by atoms with Crippen molar-refractivity contribution in [2.75, 3.05) is 37.7 Å². The van der Waals surface area contributed by atoms with E-state index in [-0.39, 0.29) is 31.5 Å². The van der Waals surface area contributed by atoms with Crippen LogP contribution in [0.1, 0.15) is 6.92 Å². The molecule has 0 radical (unpaired) electrons. The molecule has 1 saturated heterocycles. The lowest BCUT2D eigenvalue weighted by molar-refractivity contribution is -0.143. The first kappa shape index (κ1) is 16.7. The highest BCUT2D eigenvalue weighted by Crippen LogP contribution is 2.20. The maximum absolute atomic E-state index is 12.9. The van der Waals surface area contributed by atoms with Crippen LogP contribution in [0.15, 0.2) is 24.3 Å². The van der Waals surface area contributed by atoms with Crippen LogP contribution >= 0.6 is 0 Å². The van der Waals surface area contributed by atoms with Crippen LogP contribution in [-0.2, 0) is 14.3 Å². The Bertz CT molecular complexity index is 591. The summed E-state index contributed by atoms with van der Waals surface area (Å²) < 4.78 is 17.6. The molecule has 2 rings (SSSR count). The molecule has 0 unspecified atom stereocenters. The zero-order valence-corrected chi connectivity index (χ0v) is 12.8. The van der Waals surface area contributed by atoms with Crippen molar-refractivity contribution in [3.63, 3.8) is 0 Å². The van der Waals surface area contributed by atoms with Gasteiger partial charge in [0.25, 0.3) is 0 Å². The Morgan fingerprint density at radius 3 is 2.61 bits per heavy atom. The van der Waals surface area contributed by atoms with Gasteiger partial charge in [0.1, 0.15) is 18.9 Å². The van der Waals surface area contributed by atoms with Gasteiger partial charge in [-0.1, -0.05) is 0 Å². The molecular formula is C15H18FN3O4. The van der Waals surface area contributed by atoms with Crippen molar-refractivity contribution in [1.82, 2.24) is 10.2 Å². The van der Waals surface area contributed by atoms with Gasteiger partial charge in [0.15, 0.2) is 0 Å². The highest BCUT2D eigenvalue weighted by molar-refractivity contribution is 5.96. The molecule has 0 bridgehead atoms. The zero-order valence-electron chi connectivity index (χ0n) is 12.8. The summed E-state index contributed by atoms with van der Waals surface area (Å²) in [6, 6.07) is 5.24. The molecule has 0 atom stereocenters. The van der Waals surface area contributed by atoms with Gasteiger partial charge < -0.3 is 15.0 Å². The van der Waals surface area contributed by atoms with Gasteiger partial charge in [-0.3, -0.25) is 14.5 Å². The van der Waals surface area contributed by atoms with Gasteiger partial charge in [-0.25, -0.2) is 9.18 Å². The summed E-state index contributed by atoms with van der Waals surface area (Å²) in [6.07, 6.45) is 0. The van der Waals surface area contributed by atoms with Crippen molar-refractivity contribution < 1.29 is 23.5 Å². The molecule has 23 heavy (non-hydrogen) atoms. The fourth-order valence-electron chi connectivity index (χ4n) is 2.20. The molecule has 124 valence electrons. The van der Waals surface area contributed by atoms with Crippen LogP contribution in [0.25, 0.3) is 0 Å². The highest BCUT2D eigenvalue weighted by Gasteiger charge is 2.30. The number of hydrogen-bond donors (Lipinski definition) is 1. The molecule has 0 aliphatic carbocycles. The van der Waals surface area contributed by atoms with Crippen LogP contribution in [0.2, 0.25) is 0 Å². The van der Waals surface area contributed by atoms with E-state index < -0.39 is 11.9 Å². The van der Waals surface area contributed by atoms with Crippen molar-refractivity contribution in [3.05, 3.63) is 30.1 Å². The second-order valence-electron chi connectivity index (χ2n) is 4.91. The van der Waals surface area contributed by atoms with Gasteiger partial charge in [0, 0.05) is 18.8 Å². The maximum atomic E-state index is 12.9. The fourth-order valence-corrected chi connectivity index (χ4v) is 2.20. The van der Waals surface area contributed by atoms with Crippen molar-refractivity contribution >= 4 is 23.6 Å². The summed E-state index contributed by atoms with van der Waals surface area (Å²) in [6.45, 7) is 2.34. The van der Waals surface area contributed by atoms with Gasteiger partial charge >= 0.3 is 12.0 Å². The number of anilines is 1. The zero-order chi connectivity index (χ0) is 16.8. The average Bonchev–Trinajstić information content (AvgIpc) is 2.88. The average molecular weight is 323 g/mol. The SMILES string of the molecule is CCOC(=O)CNC(=O)CN1CCN(c2ccc(F)cc2)C1=O. The van der Waals surface area contributed by atoms with E-state index in [9.17, 15) is 18.8 Å². The minimum absolute atomic E-state index is 0.143. The van der Waals surface area contributed by atoms with Crippen LogP contribution in [0, 0.1) is 5.82 Å². The maximum Gasteiger partial charge on any atom is 0.325 e. The summed E-state index contributed by atoms with van der Waals surface area (Å²) in [5, 5.41) is 2.40. The molecular weight excluding hydrogens is 305 g/mol. The molecule has 1 fully saturated rings. The fraction of sp³-hybridized carbons (Fsp3) is 0.400. The molecule has 1 aliphatic rings. The first-order valence-corrected chi connectivity index (χ1v) is 7.25. The minimum Gasteiger partial charge on any atom is -0.465 e. The number of carbonyl (C=O) groups excluding carboxylic acids is 3. The molecule has 0 aromatic heterocycles. The summed E-state index contributed by atoms with van der Waals surface area (Å²) in [5.74, 6) is -1.34. The highest BCUT2D eigenvalue weighted by atomic mass is 19.1. The van der Waals surface area contributed by atoms with Crippen LogP contribution < -0.4 is 10.2 Å². The Hall–Kier alpha value is -2.64. The number of esters is 1. The van der Waals surface area contributed by atoms with E-state index in [4.69, 9.17) is 4.74 Å². The summed E-state index contributed by atoms with van der Waals surface area (Å²) in [5.41, 5.74) is 0.575. The summed E-state index contributed by atoms with van der Waals surface area (Å²) in [7, 11) is 0. The van der Waals surface area contributed by atoms with Crippen molar-refractivity contribution in [2.45, 2.75) is 6.92 Å². The predicted molar refractivity (Wildman–Crippen MR) is 80.4 cm³/mol. The molecule has 3 amide bonds. The molecule has 0 spiro atoms. The van der Waals surface area contributed by atoms with E-state index in [1.807, 2.05) is 0 Å². The first-order chi connectivity index (χ1) is 11.0. The number of amides is 3. The third-order valence-corrected chi connectivity index (χ3v) is 3.30. The molecule has 1 heterocycles. The number of urea groups is 1. The molecule has 1 aromatic carbocycles. The van der Waals surface area contributed by atoms with E-state index >= 15 is 0 Å². The van der Waals surface area contributed by atoms with Crippen LogP contribution in [0.4, 0.5) is 14.9 Å². The molecule has 1 aromatic rings. The number of ether oxygens (including phenoxy) is 1. The lowest BCUT2D eigenvalue weighted by Gasteiger charge is -2.18. The van der Waals surface area contributed by atoms with Crippen molar-refractivity contribution in [2.24, 2.45) is 0 Å². The van der Waals surface area contributed by atoms with Gasteiger partial charge in [-0.05, 0) is 31.2 Å². The second kappa shape index (κ2) is 7.57. The predicted octanol–water partition coefficient (Wildman–Crippen LogP) is 0.747. The van der Waals surface area contributed by atoms with E-state index in [2.05, 4.69) is 5.32 Å². The van der Waals surface area contributed by atoms with E-state index in [0.29, 0.717) is 18.8 Å². The Morgan fingerprint density at radius 1 is 1.26 bits per heavy atom. The third kappa shape index (κ3) is 4.41. The Labute approximate surface area is 133 Å². The van der Waals surface area contributed by atoms with E-state index in [1.54, 1.807) is 6.92 Å². The number of benzene rings is 1. The molecule has 1 N–H and O–H groups in total. The summed E-state index contributed by atoms with van der Waals surface area (Å²) in [4.78, 5) is 38.0. The van der Waals surface area contributed by atoms with Gasteiger partial charge in [-0.2, -0.15) is 0 Å². The number of nitrogens with one attached hydrogen (secondary N) is 1. The Balaban J connectivity index is 1.85. The molecule has 7 nitrogen and oxygen atoms in total. The minimum atomic E-state index is -0.526. The topological polar surface area (TPSA) is 79.0 Å². The first-order valence-electron chi connectivity index (χ1n) is 7.25. The van der Waals surface area contributed by atoms with Crippen LogP contribution in [0.3, 0.4) is 0 Å². The van der Waals surface area contributed by atoms with Gasteiger partial charge in [-0.15, -0.1) is 0 Å². The Morgan fingerprint density at radius 2 is 1.96 bits per heavy atom. The number of halogens is 1. The van der Waals surface area contributed by atoms with Crippen LogP contribution in [-0.4, -0.2) is 55.6 Å². The smallest absolute Gasteiger partial charge is 0.325 e. The van der Waals surface area contributed by atoms with E-state index in [1.165, 1.54) is 34.1 Å². The second-order valence-corrected chi connectivity index (χ2v) is 4.91. The lowest BCUT2D eigenvalue weighted by atomic mass is 10.3. The van der Waals surface area contributed by atoms with Crippen LogP contribution in [0.5, 0.6) is 0 Å². The quantitative estimate of drug-likeness (QED) is 0.784. The summed E-state index contributed by atoms with van der Waals surface area (Å²) >= 11 is 0. The molecule has 1 aliphatic heterocycles. The largest absolute Gasteiger partial charge is 0.465 e. The van der Waals surface area contributed by atoms with Gasteiger partial charge in [0.05, 0.1) is 6.61 Å². The van der Waals surface area contributed by atoms with Gasteiger partial charge in [0.2, 0.25) is 5.91 Å². The number of carbonyl (C=O) groups is 3. The standard InChI is InChI=1S/C15H18FN3O4/c1-2-23-14(21)9-17-13(20)10-18-7-8-19(15(18)22)12-5-3-11(16)4-6-12/h3-6H,2,7-10H2,1H3,(H,17,20). The van der Waals surface area contributed by atoms with Crippen molar-refractivity contribution in [3.8, 4) is 0 Å². The van der Waals surface area contributed by atoms with Crippen molar-refractivity contribution in [1.29, 1.82) is 0 Å². The monoisotopic (exact) mass is 323 g/mol.